The molecule has 11 rings (SSSR count). The second kappa shape index (κ2) is 12.6. The molecule has 0 fully saturated rings. The smallest absolute Gasteiger partial charge is 0.181 e. The van der Waals surface area contributed by atoms with Crippen molar-refractivity contribution in [2.24, 2.45) is 0 Å². The van der Waals surface area contributed by atoms with Crippen molar-refractivity contribution in [3.05, 3.63) is 188 Å². The van der Waals surface area contributed by atoms with Crippen molar-refractivity contribution < 1.29 is 4.42 Å². The van der Waals surface area contributed by atoms with Crippen LogP contribution >= 0.6 is 0 Å². The molecule has 3 aromatic heterocycles. The Hall–Kier alpha value is -7.50. The summed E-state index contributed by atoms with van der Waals surface area (Å²) in [5.41, 5.74) is 14.0. The van der Waals surface area contributed by atoms with Gasteiger partial charge in [-0.05, 0) is 76.3 Å². The SMILES string of the molecule is c1ccc(-c2ccc(-n3c4ccccc4c4ccccc43)c(-c3ccc(-c4nc(-c5cccc(-c6ccc7oc8ccccc8c7c6)c5)n[nH]4)cc3)c2)cc1. The number of nitrogens with zero attached hydrogens (tertiary/aromatic N) is 3. The van der Waals surface area contributed by atoms with E-state index in [9.17, 15) is 0 Å². The van der Waals surface area contributed by atoms with Crippen molar-refractivity contribution in [3.63, 3.8) is 0 Å². The molecule has 0 amide bonds. The Morgan fingerprint density at radius 3 is 1.78 bits per heavy atom. The Balaban J connectivity index is 0.959. The maximum atomic E-state index is 6.07. The molecule has 0 aliphatic heterocycles. The molecule has 0 spiro atoms. The van der Waals surface area contributed by atoms with Crippen LogP contribution in [0.25, 0.3) is 106 Å². The lowest BCUT2D eigenvalue weighted by molar-refractivity contribution is 0.669. The summed E-state index contributed by atoms with van der Waals surface area (Å²) >= 11 is 0. The molecule has 0 saturated heterocycles. The van der Waals surface area contributed by atoms with Gasteiger partial charge >= 0.3 is 0 Å². The number of aromatic amines is 1. The van der Waals surface area contributed by atoms with E-state index in [1.54, 1.807) is 0 Å². The van der Waals surface area contributed by atoms with Crippen molar-refractivity contribution in [3.8, 4) is 61.8 Å². The number of fused-ring (bicyclic) bond motifs is 6. The van der Waals surface area contributed by atoms with Crippen LogP contribution < -0.4 is 0 Å². The summed E-state index contributed by atoms with van der Waals surface area (Å²) in [6.45, 7) is 0. The third-order valence-electron chi connectivity index (χ3n) is 10.7. The number of H-pyrrole nitrogens is 1. The van der Waals surface area contributed by atoms with Crippen LogP contribution in [-0.2, 0) is 0 Å². The quantitative estimate of drug-likeness (QED) is 0.187. The lowest BCUT2D eigenvalue weighted by Crippen LogP contribution is -1.98. The van der Waals surface area contributed by atoms with E-state index in [0.29, 0.717) is 5.82 Å². The first-order valence-electron chi connectivity index (χ1n) is 18.5. The summed E-state index contributed by atoms with van der Waals surface area (Å²) in [6, 6.07) is 66.3. The standard InChI is InChI=1S/C50H32N4O/c1-2-11-32(12-3-1)36-25-27-46(54-44-18-7-4-15-39(44)40-16-5-8-19-45(40)54)42(30-36)33-21-23-34(24-22-33)49-51-50(53-52-49)38-14-10-13-35(29-38)37-26-28-48-43(31-37)41-17-6-9-20-47(41)55-48/h1-31H,(H,51,52,53). The van der Waals surface area contributed by atoms with E-state index in [1.807, 2.05) is 18.2 Å². The van der Waals surface area contributed by atoms with Gasteiger partial charge in [-0.2, -0.15) is 5.10 Å². The van der Waals surface area contributed by atoms with Gasteiger partial charge in [-0.25, -0.2) is 4.98 Å². The highest BCUT2D eigenvalue weighted by Gasteiger charge is 2.17. The molecule has 1 N–H and O–H groups in total. The second-order valence-electron chi connectivity index (χ2n) is 13.9. The van der Waals surface area contributed by atoms with Crippen molar-refractivity contribution in [2.45, 2.75) is 0 Å². The zero-order valence-electron chi connectivity index (χ0n) is 29.6. The monoisotopic (exact) mass is 704 g/mol. The number of para-hydroxylation sites is 3. The summed E-state index contributed by atoms with van der Waals surface area (Å²) in [5, 5.41) is 12.6. The van der Waals surface area contributed by atoms with E-state index in [4.69, 9.17) is 9.40 Å². The predicted octanol–water partition coefficient (Wildman–Crippen LogP) is 13.1. The Morgan fingerprint density at radius 1 is 0.400 bits per heavy atom. The summed E-state index contributed by atoms with van der Waals surface area (Å²) in [4.78, 5) is 4.97. The highest BCUT2D eigenvalue weighted by atomic mass is 16.3. The lowest BCUT2D eigenvalue weighted by Gasteiger charge is -2.16. The molecule has 0 aliphatic carbocycles. The molecule has 0 unspecified atom stereocenters. The van der Waals surface area contributed by atoms with Gasteiger partial charge in [-0.3, -0.25) is 5.10 Å². The number of hydrogen-bond donors (Lipinski definition) is 1. The van der Waals surface area contributed by atoms with E-state index in [-0.39, 0.29) is 0 Å². The topological polar surface area (TPSA) is 59.6 Å². The first-order valence-corrected chi connectivity index (χ1v) is 18.5. The van der Waals surface area contributed by atoms with E-state index in [2.05, 4.69) is 185 Å². The molecular weight excluding hydrogens is 673 g/mol. The van der Waals surface area contributed by atoms with Crippen LogP contribution in [0.3, 0.4) is 0 Å². The lowest BCUT2D eigenvalue weighted by atomic mass is 9.96. The molecule has 0 atom stereocenters. The van der Waals surface area contributed by atoms with Crippen LogP contribution in [-0.4, -0.2) is 19.7 Å². The fraction of sp³-hybridized carbons (Fsp3) is 0. The minimum atomic E-state index is 0.653. The highest BCUT2D eigenvalue weighted by molar-refractivity contribution is 6.10. The summed E-state index contributed by atoms with van der Waals surface area (Å²) in [7, 11) is 0. The average Bonchev–Trinajstić information content (AvgIpc) is 3.99. The molecule has 11 aromatic rings. The van der Waals surface area contributed by atoms with E-state index < -0.39 is 0 Å². The third kappa shape index (κ3) is 5.24. The molecule has 3 heterocycles. The first kappa shape index (κ1) is 31.1. The van der Waals surface area contributed by atoms with Gasteiger partial charge in [0.05, 0.1) is 16.7 Å². The minimum Gasteiger partial charge on any atom is -0.456 e. The fourth-order valence-corrected chi connectivity index (χ4v) is 8.03. The molecule has 0 radical (unpaired) electrons. The van der Waals surface area contributed by atoms with Gasteiger partial charge < -0.3 is 8.98 Å². The Morgan fingerprint density at radius 2 is 0.982 bits per heavy atom. The largest absolute Gasteiger partial charge is 0.456 e. The van der Waals surface area contributed by atoms with E-state index in [1.165, 1.54) is 32.9 Å². The number of furan rings is 1. The van der Waals surface area contributed by atoms with Gasteiger partial charge in [0.2, 0.25) is 0 Å². The van der Waals surface area contributed by atoms with Gasteiger partial charge in [0.25, 0.3) is 0 Å². The number of nitrogens with one attached hydrogen (secondary N) is 1. The molecule has 0 bridgehead atoms. The van der Waals surface area contributed by atoms with Crippen LogP contribution in [0.2, 0.25) is 0 Å². The van der Waals surface area contributed by atoms with Crippen molar-refractivity contribution in [1.82, 2.24) is 19.7 Å². The highest BCUT2D eigenvalue weighted by Crippen LogP contribution is 2.39. The predicted molar refractivity (Wildman–Crippen MR) is 225 cm³/mol. The Labute approximate surface area is 316 Å². The van der Waals surface area contributed by atoms with Gasteiger partial charge in [-0.15, -0.1) is 0 Å². The van der Waals surface area contributed by atoms with E-state index in [0.717, 1.165) is 66.8 Å². The molecule has 8 aromatic carbocycles. The average molecular weight is 705 g/mol. The van der Waals surface area contributed by atoms with Crippen LogP contribution in [0.4, 0.5) is 0 Å². The normalized spacial score (nSPS) is 11.6. The minimum absolute atomic E-state index is 0.653. The Kier molecular flexibility index (Phi) is 7.10. The number of aromatic nitrogens is 4. The van der Waals surface area contributed by atoms with Gasteiger partial charge in [0.1, 0.15) is 11.2 Å². The van der Waals surface area contributed by atoms with Crippen LogP contribution in [0.15, 0.2) is 192 Å². The second-order valence-corrected chi connectivity index (χ2v) is 13.9. The fourth-order valence-electron chi connectivity index (χ4n) is 8.03. The summed E-state index contributed by atoms with van der Waals surface area (Å²) < 4.78 is 8.46. The molecular formula is C50H32N4O. The zero-order valence-corrected chi connectivity index (χ0v) is 29.6. The molecule has 55 heavy (non-hydrogen) atoms. The zero-order chi connectivity index (χ0) is 36.3. The van der Waals surface area contributed by atoms with Crippen molar-refractivity contribution in [2.75, 3.05) is 0 Å². The number of benzene rings is 8. The van der Waals surface area contributed by atoms with Crippen LogP contribution in [0, 0.1) is 0 Å². The molecule has 5 nitrogen and oxygen atoms in total. The van der Waals surface area contributed by atoms with Gasteiger partial charge in [-0.1, -0.05) is 140 Å². The first-order chi connectivity index (χ1) is 27.2. The maximum absolute atomic E-state index is 6.07. The van der Waals surface area contributed by atoms with Crippen LogP contribution in [0.5, 0.6) is 0 Å². The van der Waals surface area contributed by atoms with E-state index >= 15 is 0 Å². The van der Waals surface area contributed by atoms with Crippen LogP contribution in [0.1, 0.15) is 0 Å². The number of hydrogen-bond acceptors (Lipinski definition) is 3. The van der Waals surface area contributed by atoms with Gasteiger partial charge in [0, 0.05) is 38.2 Å². The molecule has 0 aliphatic rings. The molecule has 258 valence electrons. The summed E-state index contributed by atoms with van der Waals surface area (Å²) in [5.74, 6) is 1.37. The number of rotatable bonds is 6. The molecule has 5 heteroatoms. The molecule has 0 saturated carbocycles. The van der Waals surface area contributed by atoms with Crippen molar-refractivity contribution >= 4 is 43.7 Å². The Bertz CT molecular complexity index is 3150. The maximum Gasteiger partial charge on any atom is 0.181 e. The van der Waals surface area contributed by atoms with Crippen molar-refractivity contribution in [1.29, 1.82) is 0 Å². The van der Waals surface area contributed by atoms with Gasteiger partial charge in [0.15, 0.2) is 11.6 Å². The third-order valence-corrected chi connectivity index (χ3v) is 10.7. The summed E-state index contributed by atoms with van der Waals surface area (Å²) in [6.07, 6.45) is 0.